The van der Waals surface area contributed by atoms with Gasteiger partial charge in [-0.3, -0.25) is 24.0 Å². The molecule has 0 aromatic carbocycles. The first kappa shape index (κ1) is 93.1. The largest absolute Gasteiger partial charge is 0.455 e. The Morgan fingerprint density at radius 2 is 0.667 bits per heavy atom. The molecule has 0 amide bonds. The molecular formula is C79H138N8O14S4. The number of carbonyl (C=O) groups is 5. The van der Waals surface area contributed by atoms with Crippen molar-refractivity contribution in [3.8, 4) is 0 Å². The van der Waals surface area contributed by atoms with Gasteiger partial charge in [0.25, 0.3) is 0 Å². The Morgan fingerprint density at radius 3 is 1.00 bits per heavy atom. The lowest BCUT2D eigenvalue weighted by molar-refractivity contribution is -0.352. The van der Waals surface area contributed by atoms with E-state index in [1.54, 1.807) is 25.0 Å². The summed E-state index contributed by atoms with van der Waals surface area (Å²) in [6.45, 7) is 14.4. The van der Waals surface area contributed by atoms with E-state index in [2.05, 4.69) is 65.9 Å². The fourth-order valence-electron chi connectivity index (χ4n) is 12.9. The van der Waals surface area contributed by atoms with E-state index in [4.69, 9.17) is 67.1 Å². The van der Waals surface area contributed by atoms with E-state index in [-0.39, 0.29) is 43.6 Å². The SMILES string of the molecule is CCCCCCCCCC(=O)OC1[C@@H](O[C@@H]2C(CSCCNC(=S)NCCn3ccnc3)O[C@@H](OC)C(OC(=O)CCCCCCCCC)[C@H]2OC(=O)CCCCCCCCC)OC(CSCCNC(=S)NCCn2ccnc2)[C@@H](OC(=O)CCCCCCCCC)[C@@H]1OC(=O)CCCCCCCCC. The van der Waals surface area contributed by atoms with Crippen molar-refractivity contribution in [1.29, 1.82) is 0 Å². The van der Waals surface area contributed by atoms with Crippen molar-refractivity contribution < 1.29 is 66.6 Å². The van der Waals surface area contributed by atoms with Crippen LogP contribution in [0.25, 0.3) is 0 Å². The van der Waals surface area contributed by atoms with E-state index in [1.807, 2.05) is 21.5 Å². The number of nitrogens with one attached hydrogen (secondary N) is 4. The molecule has 0 spiro atoms. The Bertz CT molecular complexity index is 2550. The zero-order valence-corrected chi connectivity index (χ0v) is 68.5. The number of thioether (sulfide) groups is 2. The highest BCUT2D eigenvalue weighted by atomic mass is 32.2. The Kier molecular flexibility index (Phi) is 54.5. The Balaban J connectivity index is 1.86. The number of thiocarbonyl (C=S) groups is 2. The maximum absolute atomic E-state index is 14.8. The molecule has 2 aromatic rings. The second-order valence-corrected chi connectivity index (χ2v) is 31.3. The van der Waals surface area contributed by atoms with E-state index < -0.39 is 91.3 Å². The van der Waals surface area contributed by atoms with Gasteiger partial charge >= 0.3 is 29.8 Å². The average molecular weight is 1550 g/mol. The number of aromatic nitrogens is 4. The second-order valence-electron chi connectivity index (χ2n) is 28.2. The summed E-state index contributed by atoms with van der Waals surface area (Å²) in [7, 11) is 1.46. The number of carbonyl (C=O) groups excluding carboxylic acids is 5. The minimum atomic E-state index is -1.57. The van der Waals surface area contributed by atoms with Crippen LogP contribution in [0.1, 0.15) is 291 Å². The van der Waals surface area contributed by atoms with Crippen LogP contribution in [0.4, 0.5) is 0 Å². The minimum absolute atomic E-state index is 0.0412. The number of unbranched alkanes of at least 4 members (excludes halogenated alkanes) is 30. The van der Waals surface area contributed by atoms with Crippen LogP contribution in [-0.4, -0.2) is 177 Å². The summed E-state index contributed by atoms with van der Waals surface area (Å²) < 4.78 is 64.8. The summed E-state index contributed by atoms with van der Waals surface area (Å²) in [6, 6.07) is 0. The van der Waals surface area contributed by atoms with Gasteiger partial charge in [0.15, 0.2) is 53.3 Å². The third-order valence-electron chi connectivity index (χ3n) is 19.0. The maximum atomic E-state index is 14.8. The number of hydrogen-bond acceptors (Lipinski definition) is 20. The van der Waals surface area contributed by atoms with Gasteiger partial charge < -0.3 is 73.0 Å². The molecule has 0 aliphatic carbocycles. The van der Waals surface area contributed by atoms with Crippen molar-refractivity contribution in [2.75, 3.05) is 56.3 Å². The van der Waals surface area contributed by atoms with E-state index in [0.717, 1.165) is 193 Å². The molecule has 0 bridgehead atoms. The first-order valence-corrected chi connectivity index (χ1v) is 44.0. The van der Waals surface area contributed by atoms with Crippen molar-refractivity contribution in [1.82, 2.24) is 40.4 Å². The van der Waals surface area contributed by atoms with Crippen molar-refractivity contribution >= 4 is 88.0 Å². The number of ether oxygens (including phenoxy) is 9. The molecule has 22 nitrogen and oxygen atoms in total. The molecule has 4 N–H and O–H groups in total. The summed E-state index contributed by atoms with van der Waals surface area (Å²) >= 11 is 14.4. The molecule has 4 rings (SSSR count). The van der Waals surface area contributed by atoms with Crippen molar-refractivity contribution in [3.63, 3.8) is 0 Å². The molecule has 2 fully saturated rings. The summed E-state index contributed by atoms with van der Waals surface area (Å²) in [5, 5.41) is 14.1. The molecule has 2 aromatic heterocycles. The van der Waals surface area contributed by atoms with Crippen LogP contribution in [0, 0.1) is 0 Å². The lowest BCUT2D eigenvalue weighted by Gasteiger charge is -2.49. The zero-order chi connectivity index (χ0) is 75.6. The van der Waals surface area contributed by atoms with Gasteiger partial charge in [-0.1, -0.05) is 227 Å². The number of nitrogens with zero attached hydrogens (tertiary/aromatic N) is 4. The lowest BCUT2D eigenvalue weighted by atomic mass is 9.96. The van der Waals surface area contributed by atoms with Crippen LogP contribution in [0.15, 0.2) is 37.4 Å². The van der Waals surface area contributed by atoms with Gasteiger partial charge in [-0.25, -0.2) is 9.97 Å². The molecule has 26 heteroatoms. The average Bonchev–Trinajstić information content (AvgIpc) is 1.01. The van der Waals surface area contributed by atoms with E-state index in [0.29, 0.717) is 93.1 Å². The van der Waals surface area contributed by atoms with Crippen LogP contribution in [0.3, 0.4) is 0 Å². The quantitative estimate of drug-likeness (QED) is 0.0208. The molecule has 4 unspecified atom stereocenters. The number of methoxy groups -OCH3 is 1. The predicted octanol–water partition coefficient (Wildman–Crippen LogP) is 15.9. The summed E-state index contributed by atoms with van der Waals surface area (Å²) in [5.41, 5.74) is 0. The standard InChI is InChI=1S/C79H138N8O14S4/c1-7-12-17-22-27-32-37-42-65(88)96-70-63(59-104-57-51-84-78(102)82-49-55-86-53-47-80-61-86)95-77(75(100-69(92)46-41-36-31-26-21-16-11-5)72(70)97-66(89)43-38-33-28-23-18-13-8-2)101-71-64(60-105-58-52-85-79(103)83-50-56-87-54-48-81-62-87)94-76(93-6)74(99-68(91)45-40-35-30-25-20-15-10-4)73(71)98-67(90)44-39-34-29-24-19-14-9-3/h47-48,53-54,61-64,70-77H,7-46,49-52,55-60H2,1-6H3,(H2,82,84,102)(H2,83,85,103)/t63?,64?,70-,71-,72+,73+,74?,75?,76-,77-/m1/s1. The molecule has 0 radical (unpaired) electrons. The highest BCUT2D eigenvalue weighted by molar-refractivity contribution is 7.99. The Morgan fingerprint density at radius 1 is 0.381 bits per heavy atom. The summed E-state index contributed by atoms with van der Waals surface area (Å²) in [5.74, 6) is -1.20. The topological polar surface area (TPSA) is 252 Å². The molecule has 2 saturated heterocycles. The zero-order valence-electron chi connectivity index (χ0n) is 65.2. The molecule has 602 valence electrons. The molecular weight excluding hydrogens is 1410 g/mol. The number of rotatable bonds is 64. The van der Waals surface area contributed by atoms with E-state index in [9.17, 15) is 24.0 Å². The highest BCUT2D eigenvalue weighted by Crippen LogP contribution is 2.38. The number of esters is 5. The first-order valence-electron chi connectivity index (χ1n) is 40.9. The normalized spacial score (nSPS) is 20.1. The Hall–Kier alpha value is -4.31. The van der Waals surface area contributed by atoms with Gasteiger partial charge in [-0.05, 0) is 56.5 Å². The van der Waals surface area contributed by atoms with Gasteiger partial charge in [-0.2, -0.15) is 23.5 Å². The van der Waals surface area contributed by atoms with Crippen molar-refractivity contribution in [3.05, 3.63) is 37.4 Å². The van der Waals surface area contributed by atoms with Gasteiger partial charge in [0.1, 0.15) is 12.2 Å². The van der Waals surface area contributed by atoms with Gasteiger partial charge in [0.05, 0.1) is 18.8 Å². The number of hydrogen-bond donors (Lipinski definition) is 4. The highest BCUT2D eigenvalue weighted by Gasteiger charge is 2.57. The van der Waals surface area contributed by atoms with Crippen LogP contribution in [-0.2, 0) is 79.7 Å². The Labute approximate surface area is 650 Å². The molecule has 10 atom stereocenters. The van der Waals surface area contributed by atoms with Gasteiger partial charge in [-0.15, -0.1) is 0 Å². The predicted molar refractivity (Wildman–Crippen MR) is 428 cm³/mol. The third kappa shape index (κ3) is 43.0. The number of imidazole rings is 2. The molecule has 4 heterocycles. The van der Waals surface area contributed by atoms with E-state index in [1.165, 1.54) is 30.6 Å². The monoisotopic (exact) mass is 1550 g/mol. The van der Waals surface area contributed by atoms with Gasteiger partial charge in [0.2, 0.25) is 0 Å². The fourth-order valence-corrected chi connectivity index (χ4v) is 15.2. The van der Waals surface area contributed by atoms with E-state index >= 15 is 0 Å². The van der Waals surface area contributed by atoms with Crippen LogP contribution in [0.5, 0.6) is 0 Å². The van der Waals surface area contributed by atoms with Gasteiger partial charge in [0, 0.05) is 126 Å². The molecule has 105 heavy (non-hydrogen) atoms. The molecule has 2 aliphatic heterocycles. The minimum Gasteiger partial charge on any atom is -0.455 e. The summed E-state index contributed by atoms with van der Waals surface area (Å²) in [4.78, 5) is 81.4. The third-order valence-corrected chi connectivity index (χ3v) is 21.7. The van der Waals surface area contributed by atoms with Crippen molar-refractivity contribution in [2.45, 2.75) is 366 Å². The molecule has 2 aliphatic rings. The van der Waals surface area contributed by atoms with Crippen LogP contribution in [0.2, 0.25) is 0 Å². The first-order chi connectivity index (χ1) is 51.3. The summed E-state index contributed by atoms with van der Waals surface area (Å²) in [6.07, 6.45) is 32.2. The smallest absolute Gasteiger partial charge is 0.306 e. The second kappa shape index (κ2) is 61.5. The van der Waals surface area contributed by atoms with Crippen molar-refractivity contribution in [2.24, 2.45) is 0 Å². The fraction of sp³-hybridized carbons (Fsp3) is 0.835. The van der Waals surface area contributed by atoms with Crippen LogP contribution < -0.4 is 21.3 Å². The lowest BCUT2D eigenvalue weighted by Crippen LogP contribution is -2.67. The van der Waals surface area contributed by atoms with Crippen LogP contribution >= 0.6 is 48.0 Å². The molecule has 0 saturated carbocycles. The maximum Gasteiger partial charge on any atom is 0.306 e.